The van der Waals surface area contributed by atoms with Gasteiger partial charge in [0, 0.05) is 19.0 Å². The normalized spacial score (nSPS) is 11.8. The maximum atomic E-state index is 12.4. The number of amides is 1. The van der Waals surface area contributed by atoms with Crippen LogP contribution < -0.4 is 10.1 Å². The topological polar surface area (TPSA) is 64.6 Å². The predicted molar refractivity (Wildman–Crippen MR) is 120 cm³/mol. The molecule has 1 N–H and O–H groups in total. The number of ether oxygens (including phenoxy) is 2. The largest absolute Gasteiger partial charge is 0.490 e. The Morgan fingerprint density at radius 1 is 1.00 bits per heavy atom. The Morgan fingerprint density at radius 3 is 2.40 bits per heavy atom. The summed E-state index contributed by atoms with van der Waals surface area (Å²) in [5.74, 6) is 0.345. The number of nitrogens with one attached hydrogen (secondary N) is 1. The molecular weight excluding hydrogens is 378 g/mol. The molecule has 5 nitrogen and oxygen atoms in total. The molecule has 2 aromatic carbocycles. The zero-order valence-electron chi connectivity index (χ0n) is 17.8. The fourth-order valence-electron chi connectivity index (χ4n) is 2.94. The summed E-state index contributed by atoms with van der Waals surface area (Å²) in [7, 11) is 0. The Hall–Kier alpha value is -3.08. The van der Waals surface area contributed by atoms with Crippen molar-refractivity contribution in [2.24, 2.45) is 0 Å². The molecule has 5 heteroatoms. The minimum Gasteiger partial charge on any atom is -0.490 e. The van der Waals surface area contributed by atoms with E-state index in [4.69, 9.17) is 9.47 Å². The van der Waals surface area contributed by atoms with Gasteiger partial charge >= 0.3 is 5.97 Å². The minimum absolute atomic E-state index is 0.104. The third-order valence-corrected chi connectivity index (χ3v) is 4.50. The van der Waals surface area contributed by atoms with Crippen molar-refractivity contribution in [1.82, 2.24) is 0 Å². The van der Waals surface area contributed by atoms with Crippen LogP contribution in [0.2, 0.25) is 0 Å². The van der Waals surface area contributed by atoms with Crippen molar-refractivity contribution in [3.05, 3.63) is 72.3 Å². The molecule has 30 heavy (non-hydrogen) atoms. The average Bonchev–Trinajstić information content (AvgIpc) is 2.75. The molecule has 0 aliphatic rings. The van der Waals surface area contributed by atoms with E-state index in [0.29, 0.717) is 18.6 Å². The lowest BCUT2D eigenvalue weighted by Gasteiger charge is -2.16. The van der Waals surface area contributed by atoms with Crippen molar-refractivity contribution in [3.63, 3.8) is 0 Å². The first-order valence-corrected chi connectivity index (χ1v) is 10.5. The number of hydrogen-bond acceptors (Lipinski definition) is 4. The summed E-state index contributed by atoms with van der Waals surface area (Å²) in [4.78, 5) is 23.4. The highest BCUT2D eigenvalue weighted by molar-refractivity contribution is 5.89. The standard InChI is InChI=1S/C25H31NO4/c1-3-4-6-13-24(30-25(28)21-11-7-5-8-12-21)14-9-10-19-29-23-17-15-22(16-18-23)26-20(2)27/h5,7-12,15-18,24H,3-4,6,13-14,19H2,1-2H3,(H,26,27)/b10-9+. The van der Waals surface area contributed by atoms with Crippen molar-refractivity contribution in [3.8, 4) is 5.75 Å². The lowest BCUT2D eigenvalue weighted by molar-refractivity contribution is -0.114. The highest BCUT2D eigenvalue weighted by atomic mass is 16.5. The molecular formula is C25H31NO4. The number of benzene rings is 2. The van der Waals surface area contributed by atoms with E-state index < -0.39 is 0 Å². The molecule has 1 unspecified atom stereocenters. The van der Waals surface area contributed by atoms with Gasteiger partial charge in [0.15, 0.2) is 0 Å². The van der Waals surface area contributed by atoms with Gasteiger partial charge in [-0.15, -0.1) is 0 Å². The van der Waals surface area contributed by atoms with Gasteiger partial charge in [0.2, 0.25) is 5.91 Å². The highest BCUT2D eigenvalue weighted by Gasteiger charge is 2.14. The SMILES string of the molecule is CCCCCC(C/C=C/COc1ccc(NC(C)=O)cc1)OC(=O)c1ccccc1. The summed E-state index contributed by atoms with van der Waals surface area (Å²) in [6.45, 7) is 4.06. The van der Waals surface area contributed by atoms with Gasteiger partial charge < -0.3 is 14.8 Å². The van der Waals surface area contributed by atoms with Gasteiger partial charge in [0.1, 0.15) is 18.5 Å². The summed E-state index contributed by atoms with van der Waals surface area (Å²) in [6.07, 6.45) is 8.59. The van der Waals surface area contributed by atoms with Crippen LogP contribution in [-0.2, 0) is 9.53 Å². The smallest absolute Gasteiger partial charge is 0.338 e. The number of rotatable bonds is 12. The van der Waals surface area contributed by atoms with Gasteiger partial charge in [-0.25, -0.2) is 4.79 Å². The molecule has 2 aromatic rings. The second-order valence-electron chi connectivity index (χ2n) is 7.11. The Kier molecular flexibility index (Phi) is 10.2. The van der Waals surface area contributed by atoms with Crippen LogP contribution in [0.25, 0.3) is 0 Å². The summed E-state index contributed by atoms with van der Waals surface area (Å²) in [6, 6.07) is 16.3. The quantitative estimate of drug-likeness (QED) is 0.274. The van der Waals surface area contributed by atoms with Crippen molar-refractivity contribution in [2.45, 2.75) is 52.1 Å². The maximum Gasteiger partial charge on any atom is 0.338 e. The molecule has 0 fully saturated rings. The molecule has 0 aliphatic carbocycles. The first kappa shape index (κ1) is 23.2. The lowest BCUT2D eigenvalue weighted by atomic mass is 10.1. The molecule has 1 atom stereocenters. The molecule has 0 saturated carbocycles. The molecule has 0 heterocycles. The minimum atomic E-state index is -0.277. The van der Waals surface area contributed by atoms with E-state index >= 15 is 0 Å². The third-order valence-electron chi connectivity index (χ3n) is 4.50. The van der Waals surface area contributed by atoms with Crippen LogP contribution in [0.3, 0.4) is 0 Å². The summed E-state index contributed by atoms with van der Waals surface area (Å²) >= 11 is 0. The summed E-state index contributed by atoms with van der Waals surface area (Å²) in [5.41, 5.74) is 1.31. The molecule has 0 saturated heterocycles. The van der Waals surface area contributed by atoms with Crippen molar-refractivity contribution in [2.75, 3.05) is 11.9 Å². The molecule has 0 spiro atoms. The monoisotopic (exact) mass is 409 g/mol. The Bertz CT molecular complexity index is 800. The molecule has 1 amide bonds. The van der Waals surface area contributed by atoms with Crippen molar-refractivity contribution < 1.29 is 19.1 Å². The summed E-state index contributed by atoms with van der Waals surface area (Å²) in [5, 5.41) is 2.72. The molecule has 160 valence electrons. The van der Waals surface area contributed by atoms with Crippen molar-refractivity contribution >= 4 is 17.6 Å². The second kappa shape index (κ2) is 13.2. The van der Waals surface area contributed by atoms with E-state index in [9.17, 15) is 9.59 Å². The van der Waals surface area contributed by atoms with Crippen LogP contribution in [0, 0.1) is 0 Å². The van der Waals surface area contributed by atoms with Gasteiger partial charge in [-0.3, -0.25) is 4.79 Å². The Balaban J connectivity index is 1.80. The molecule has 2 rings (SSSR count). The van der Waals surface area contributed by atoms with E-state index in [0.717, 1.165) is 37.1 Å². The number of esters is 1. The van der Waals surface area contributed by atoms with E-state index in [2.05, 4.69) is 12.2 Å². The average molecular weight is 410 g/mol. The first-order valence-electron chi connectivity index (χ1n) is 10.5. The number of unbranched alkanes of at least 4 members (excludes halogenated alkanes) is 2. The zero-order chi connectivity index (χ0) is 21.6. The van der Waals surface area contributed by atoms with Crippen LogP contribution in [-0.4, -0.2) is 24.6 Å². The maximum absolute atomic E-state index is 12.4. The van der Waals surface area contributed by atoms with Gasteiger partial charge in [0.05, 0.1) is 5.56 Å². The Labute approximate surface area is 179 Å². The lowest BCUT2D eigenvalue weighted by Crippen LogP contribution is -2.18. The van der Waals surface area contributed by atoms with Gasteiger partial charge in [-0.1, -0.05) is 50.1 Å². The second-order valence-corrected chi connectivity index (χ2v) is 7.11. The highest BCUT2D eigenvalue weighted by Crippen LogP contribution is 2.16. The number of carbonyl (C=O) groups excluding carboxylic acids is 2. The van der Waals surface area contributed by atoms with E-state index in [1.54, 1.807) is 24.3 Å². The molecule has 0 bridgehead atoms. The van der Waals surface area contributed by atoms with Crippen LogP contribution in [0.4, 0.5) is 5.69 Å². The molecule has 0 aromatic heterocycles. The fourth-order valence-corrected chi connectivity index (χ4v) is 2.94. The third kappa shape index (κ3) is 8.95. The number of carbonyl (C=O) groups is 2. The van der Waals surface area contributed by atoms with Crippen LogP contribution in [0.15, 0.2) is 66.7 Å². The fraction of sp³-hybridized carbons (Fsp3) is 0.360. The number of hydrogen-bond donors (Lipinski definition) is 1. The first-order chi connectivity index (χ1) is 14.6. The molecule has 0 aliphatic heterocycles. The van der Waals surface area contributed by atoms with Crippen LogP contribution in [0.1, 0.15) is 56.3 Å². The van der Waals surface area contributed by atoms with Gasteiger partial charge in [-0.2, -0.15) is 0 Å². The molecule has 0 radical (unpaired) electrons. The van der Waals surface area contributed by atoms with E-state index in [-0.39, 0.29) is 18.0 Å². The van der Waals surface area contributed by atoms with E-state index in [1.807, 2.05) is 42.5 Å². The van der Waals surface area contributed by atoms with E-state index in [1.165, 1.54) is 6.92 Å². The number of anilines is 1. The Morgan fingerprint density at radius 2 is 1.73 bits per heavy atom. The van der Waals surface area contributed by atoms with Crippen LogP contribution in [0.5, 0.6) is 5.75 Å². The predicted octanol–water partition coefficient (Wildman–Crippen LogP) is 5.78. The summed E-state index contributed by atoms with van der Waals surface area (Å²) < 4.78 is 11.4. The van der Waals surface area contributed by atoms with Gasteiger partial charge in [0.25, 0.3) is 0 Å². The zero-order valence-corrected chi connectivity index (χ0v) is 17.8. The van der Waals surface area contributed by atoms with Gasteiger partial charge in [-0.05, 0) is 49.2 Å². The van der Waals surface area contributed by atoms with Crippen LogP contribution >= 0.6 is 0 Å². The van der Waals surface area contributed by atoms with Crippen molar-refractivity contribution in [1.29, 1.82) is 0 Å².